The molecule has 104 valence electrons. The van der Waals surface area contributed by atoms with Gasteiger partial charge in [0.1, 0.15) is 0 Å². The van der Waals surface area contributed by atoms with Gasteiger partial charge in [-0.15, -0.1) is 0 Å². The van der Waals surface area contributed by atoms with Gasteiger partial charge in [-0.2, -0.15) is 13.2 Å². The molecule has 0 aliphatic rings. The van der Waals surface area contributed by atoms with Crippen LogP contribution in [0, 0.1) is 3.57 Å². The molecule has 0 aliphatic carbocycles. The van der Waals surface area contributed by atoms with E-state index >= 15 is 0 Å². The van der Waals surface area contributed by atoms with Crippen LogP contribution in [0.15, 0.2) is 48.5 Å². The van der Waals surface area contributed by atoms with Crippen molar-refractivity contribution in [1.29, 1.82) is 0 Å². The minimum Gasteiger partial charge on any atom is -0.322 e. The largest absolute Gasteiger partial charge is 0.416 e. The maximum Gasteiger partial charge on any atom is 0.416 e. The number of rotatable bonds is 2. The van der Waals surface area contributed by atoms with Crippen molar-refractivity contribution >= 4 is 34.2 Å². The number of anilines is 1. The van der Waals surface area contributed by atoms with Crippen LogP contribution >= 0.6 is 22.6 Å². The first-order chi connectivity index (χ1) is 9.36. The number of halogens is 4. The van der Waals surface area contributed by atoms with Crippen LogP contribution in [-0.2, 0) is 6.18 Å². The molecule has 2 rings (SSSR count). The zero-order valence-corrected chi connectivity index (χ0v) is 12.2. The molecule has 0 radical (unpaired) electrons. The minimum atomic E-state index is -4.43. The maximum atomic E-state index is 12.6. The fourth-order valence-corrected chi connectivity index (χ4v) is 2.15. The standard InChI is InChI=1S/C14H9F3INO/c15-14(16,17)10-4-2-6-12(8-10)19-13(20)9-3-1-5-11(18)7-9/h1-8H,(H,19,20). The van der Waals surface area contributed by atoms with Crippen LogP contribution in [0.5, 0.6) is 0 Å². The van der Waals surface area contributed by atoms with E-state index in [1.165, 1.54) is 12.1 Å². The fraction of sp³-hybridized carbons (Fsp3) is 0.0714. The Balaban J connectivity index is 2.20. The third-order valence-corrected chi connectivity index (χ3v) is 3.21. The molecule has 0 aromatic heterocycles. The molecule has 0 saturated carbocycles. The highest BCUT2D eigenvalue weighted by atomic mass is 127. The summed E-state index contributed by atoms with van der Waals surface area (Å²) in [6, 6.07) is 11.3. The Morgan fingerprint density at radius 1 is 1.05 bits per heavy atom. The minimum absolute atomic E-state index is 0.115. The lowest BCUT2D eigenvalue weighted by atomic mass is 10.1. The summed E-state index contributed by atoms with van der Waals surface area (Å²) in [5.41, 5.74) is -0.282. The molecule has 1 amide bonds. The summed E-state index contributed by atoms with van der Waals surface area (Å²) in [6.45, 7) is 0. The first kappa shape index (κ1) is 14.8. The predicted molar refractivity (Wildman–Crippen MR) is 78.6 cm³/mol. The van der Waals surface area contributed by atoms with Gasteiger partial charge in [0.2, 0.25) is 0 Å². The van der Waals surface area contributed by atoms with Crippen molar-refractivity contribution in [2.75, 3.05) is 5.32 Å². The Hall–Kier alpha value is -1.57. The number of carbonyl (C=O) groups is 1. The number of nitrogens with one attached hydrogen (secondary N) is 1. The van der Waals surface area contributed by atoms with E-state index in [0.717, 1.165) is 15.7 Å². The third-order valence-electron chi connectivity index (χ3n) is 2.53. The Labute approximate surface area is 127 Å². The molecule has 2 aromatic carbocycles. The number of carbonyl (C=O) groups excluding carboxylic acids is 1. The van der Waals surface area contributed by atoms with Gasteiger partial charge in [0.05, 0.1) is 5.56 Å². The van der Waals surface area contributed by atoms with E-state index in [4.69, 9.17) is 0 Å². The Kier molecular flexibility index (Phi) is 4.32. The summed E-state index contributed by atoms with van der Waals surface area (Å²) in [7, 11) is 0. The second kappa shape index (κ2) is 5.82. The van der Waals surface area contributed by atoms with Crippen molar-refractivity contribution in [2.24, 2.45) is 0 Å². The number of hydrogen-bond donors (Lipinski definition) is 1. The molecule has 1 N–H and O–H groups in total. The molecule has 0 spiro atoms. The van der Waals surface area contributed by atoms with Crippen molar-refractivity contribution in [1.82, 2.24) is 0 Å². The predicted octanol–water partition coefficient (Wildman–Crippen LogP) is 4.56. The molecule has 0 aliphatic heterocycles. The summed E-state index contributed by atoms with van der Waals surface area (Å²) in [5, 5.41) is 2.46. The van der Waals surface area contributed by atoms with Gasteiger partial charge in [-0.05, 0) is 59.0 Å². The highest BCUT2D eigenvalue weighted by Crippen LogP contribution is 2.30. The van der Waals surface area contributed by atoms with Gasteiger partial charge in [0.25, 0.3) is 5.91 Å². The average molecular weight is 391 g/mol. The molecular formula is C14H9F3INO. The lowest BCUT2D eigenvalue weighted by Crippen LogP contribution is -2.13. The SMILES string of the molecule is O=C(Nc1cccc(C(F)(F)F)c1)c1cccc(I)c1. The van der Waals surface area contributed by atoms with Gasteiger partial charge in [0, 0.05) is 14.8 Å². The molecule has 2 aromatic rings. The maximum absolute atomic E-state index is 12.6. The molecule has 0 bridgehead atoms. The van der Waals surface area contributed by atoms with Gasteiger partial charge < -0.3 is 5.32 Å². The van der Waals surface area contributed by atoms with Crippen LogP contribution in [0.2, 0.25) is 0 Å². The summed E-state index contributed by atoms with van der Waals surface area (Å²) < 4.78 is 38.6. The molecule has 0 atom stereocenters. The summed E-state index contributed by atoms with van der Waals surface area (Å²) in [6.07, 6.45) is -4.43. The first-order valence-electron chi connectivity index (χ1n) is 5.60. The Morgan fingerprint density at radius 2 is 1.75 bits per heavy atom. The third kappa shape index (κ3) is 3.72. The number of amides is 1. The van der Waals surface area contributed by atoms with Crippen LogP contribution in [0.1, 0.15) is 15.9 Å². The van der Waals surface area contributed by atoms with E-state index in [1.807, 2.05) is 6.07 Å². The van der Waals surface area contributed by atoms with Gasteiger partial charge in [0.15, 0.2) is 0 Å². The van der Waals surface area contributed by atoms with E-state index in [2.05, 4.69) is 27.9 Å². The zero-order chi connectivity index (χ0) is 14.8. The summed E-state index contributed by atoms with van der Waals surface area (Å²) >= 11 is 2.06. The molecule has 0 fully saturated rings. The molecule has 2 nitrogen and oxygen atoms in total. The lowest BCUT2D eigenvalue weighted by molar-refractivity contribution is -0.137. The topological polar surface area (TPSA) is 29.1 Å². The number of alkyl halides is 3. The van der Waals surface area contributed by atoms with Crippen molar-refractivity contribution in [3.05, 3.63) is 63.2 Å². The van der Waals surface area contributed by atoms with Gasteiger partial charge in [-0.25, -0.2) is 0 Å². The summed E-state index contributed by atoms with van der Waals surface area (Å²) in [5.74, 6) is -0.442. The van der Waals surface area contributed by atoms with Crippen LogP contribution in [0.4, 0.5) is 18.9 Å². The van der Waals surface area contributed by atoms with Gasteiger partial charge in [-0.3, -0.25) is 4.79 Å². The Morgan fingerprint density at radius 3 is 2.40 bits per heavy atom. The highest BCUT2D eigenvalue weighted by Gasteiger charge is 2.30. The molecule has 0 saturated heterocycles. The quantitative estimate of drug-likeness (QED) is 0.748. The Bertz CT molecular complexity index is 640. The van der Waals surface area contributed by atoms with Crippen molar-refractivity contribution in [3.63, 3.8) is 0 Å². The second-order valence-corrected chi connectivity index (χ2v) is 5.29. The second-order valence-electron chi connectivity index (χ2n) is 4.04. The fourth-order valence-electron chi connectivity index (χ4n) is 1.61. The number of hydrogen-bond acceptors (Lipinski definition) is 1. The van der Waals surface area contributed by atoms with Crippen LogP contribution in [0.25, 0.3) is 0 Å². The van der Waals surface area contributed by atoms with Crippen molar-refractivity contribution in [3.8, 4) is 0 Å². The van der Waals surface area contributed by atoms with Gasteiger partial charge >= 0.3 is 6.18 Å². The van der Waals surface area contributed by atoms with Crippen LogP contribution in [0.3, 0.4) is 0 Å². The monoisotopic (exact) mass is 391 g/mol. The molecular weight excluding hydrogens is 382 g/mol. The van der Waals surface area contributed by atoms with E-state index in [0.29, 0.717) is 5.56 Å². The van der Waals surface area contributed by atoms with E-state index < -0.39 is 17.6 Å². The number of benzene rings is 2. The first-order valence-corrected chi connectivity index (χ1v) is 6.68. The highest BCUT2D eigenvalue weighted by molar-refractivity contribution is 14.1. The molecule has 0 unspecified atom stereocenters. The lowest BCUT2D eigenvalue weighted by Gasteiger charge is -2.10. The molecule has 0 heterocycles. The van der Waals surface area contributed by atoms with Crippen molar-refractivity contribution < 1.29 is 18.0 Å². The molecule has 20 heavy (non-hydrogen) atoms. The normalized spacial score (nSPS) is 11.2. The van der Waals surface area contributed by atoms with E-state index in [-0.39, 0.29) is 5.69 Å². The zero-order valence-electron chi connectivity index (χ0n) is 10.0. The van der Waals surface area contributed by atoms with Crippen LogP contribution < -0.4 is 5.32 Å². The van der Waals surface area contributed by atoms with E-state index in [9.17, 15) is 18.0 Å². The summed E-state index contributed by atoms with van der Waals surface area (Å²) in [4.78, 5) is 11.9. The smallest absolute Gasteiger partial charge is 0.322 e. The average Bonchev–Trinajstić information content (AvgIpc) is 2.38. The van der Waals surface area contributed by atoms with E-state index in [1.54, 1.807) is 18.2 Å². The van der Waals surface area contributed by atoms with Gasteiger partial charge in [-0.1, -0.05) is 12.1 Å². The van der Waals surface area contributed by atoms with Crippen LogP contribution in [-0.4, -0.2) is 5.91 Å². The van der Waals surface area contributed by atoms with Crippen molar-refractivity contribution in [2.45, 2.75) is 6.18 Å². The molecule has 6 heteroatoms.